The van der Waals surface area contributed by atoms with Gasteiger partial charge in [-0.25, -0.2) is 0 Å². The van der Waals surface area contributed by atoms with Crippen LogP contribution in [0.15, 0.2) is 36.9 Å². The van der Waals surface area contributed by atoms with Gasteiger partial charge < -0.3 is 4.90 Å². The lowest BCUT2D eigenvalue weighted by molar-refractivity contribution is -0.113. The van der Waals surface area contributed by atoms with E-state index in [1.54, 1.807) is 19.2 Å². The summed E-state index contributed by atoms with van der Waals surface area (Å²) in [6, 6.07) is 7.17. The van der Waals surface area contributed by atoms with Crippen molar-refractivity contribution in [2.45, 2.75) is 0 Å². The predicted octanol–water partition coefficient (Wildman–Crippen LogP) is 2.49. The predicted molar refractivity (Wildman–Crippen MR) is 55.1 cm³/mol. The van der Waals surface area contributed by atoms with E-state index >= 15 is 0 Å². The van der Waals surface area contributed by atoms with Crippen molar-refractivity contribution in [3.8, 4) is 0 Å². The minimum atomic E-state index is -0.173. The lowest BCUT2D eigenvalue weighted by Crippen LogP contribution is -2.23. The van der Waals surface area contributed by atoms with Gasteiger partial charge >= 0.3 is 0 Å². The fourth-order valence-corrected chi connectivity index (χ4v) is 1.24. The summed E-state index contributed by atoms with van der Waals surface area (Å²) in [6.07, 6.45) is 1.25. The maximum Gasteiger partial charge on any atom is 0.250 e. The molecule has 0 bridgehead atoms. The maximum absolute atomic E-state index is 11.2. The number of anilines is 1. The molecule has 0 heterocycles. The molecule has 0 aromatic heterocycles. The molecule has 0 aliphatic carbocycles. The molecule has 1 rings (SSSR count). The van der Waals surface area contributed by atoms with Gasteiger partial charge in [-0.05, 0) is 18.2 Å². The summed E-state index contributed by atoms with van der Waals surface area (Å²) in [5, 5.41) is 0.556. The molecule has 0 saturated heterocycles. The Balaban J connectivity index is 3.01. The van der Waals surface area contributed by atoms with Crippen LogP contribution < -0.4 is 4.90 Å². The van der Waals surface area contributed by atoms with Gasteiger partial charge in [0.05, 0.1) is 10.7 Å². The lowest BCUT2D eigenvalue weighted by atomic mass is 10.3. The van der Waals surface area contributed by atoms with Gasteiger partial charge in [-0.2, -0.15) is 0 Å². The van der Waals surface area contributed by atoms with Crippen molar-refractivity contribution in [3.63, 3.8) is 0 Å². The average molecular weight is 196 g/mol. The number of amides is 1. The number of carbonyl (C=O) groups is 1. The molecule has 2 nitrogen and oxygen atoms in total. The lowest BCUT2D eigenvalue weighted by Gasteiger charge is -2.16. The molecule has 0 radical (unpaired) electrons. The Morgan fingerprint density at radius 2 is 2.15 bits per heavy atom. The Morgan fingerprint density at radius 3 is 2.69 bits per heavy atom. The van der Waals surface area contributed by atoms with Crippen molar-refractivity contribution in [2.75, 3.05) is 11.9 Å². The quantitative estimate of drug-likeness (QED) is 0.664. The molecule has 0 fully saturated rings. The van der Waals surface area contributed by atoms with E-state index in [1.165, 1.54) is 11.0 Å². The highest BCUT2D eigenvalue weighted by Crippen LogP contribution is 2.23. The molecule has 0 unspecified atom stereocenters. The summed E-state index contributed by atoms with van der Waals surface area (Å²) in [7, 11) is 1.66. The van der Waals surface area contributed by atoms with Crippen LogP contribution >= 0.6 is 11.6 Å². The molecule has 68 valence electrons. The first-order valence-corrected chi connectivity index (χ1v) is 4.19. The highest BCUT2D eigenvalue weighted by Gasteiger charge is 2.09. The van der Waals surface area contributed by atoms with Crippen LogP contribution in [0.1, 0.15) is 0 Å². The number of rotatable bonds is 2. The van der Waals surface area contributed by atoms with Gasteiger partial charge in [-0.1, -0.05) is 30.3 Å². The third kappa shape index (κ3) is 2.10. The van der Waals surface area contributed by atoms with E-state index in [0.29, 0.717) is 10.7 Å². The van der Waals surface area contributed by atoms with Crippen LogP contribution in [0.25, 0.3) is 0 Å². The highest BCUT2D eigenvalue weighted by molar-refractivity contribution is 6.33. The molecule has 13 heavy (non-hydrogen) atoms. The van der Waals surface area contributed by atoms with Gasteiger partial charge in [-0.3, -0.25) is 4.79 Å². The highest BCUT2D eigenvalue weighted by atomic mass is 35.5. The van der Waals surface area contributed by atoms with E-state index in [1.807, 2.05) is 12.1 Å². The Kier molecular flexibility index (Phi) is 3.09. The second-order valence-electron chi connectivity index (χ2n) is 2.55. The van der Waals surface area contributed by atoms with Gasteiger partial charge in [0.15, 0.2) is 0 Å². The molecule has 1 aromatic rings. The van der Waals surface area contributed by atoms with E-state index < -0.39 is 0 Å². The molecule has 3 heteroatoms. The van der Waals surface area contributed by atoms with Crippen LogP contribution in [0.2, 0.25) is 5.02 Å². The molecule has 0 atom stereocenters. The maximum atomic E-state index is 11.2. The van der Waals surface area contributed by atoms with E-state index in [9.17, 15) is 4.79 Å². The summed E-state index contributed by atoms with van der Waals surface area (Å²) < 4.78 is 0. The Labute approximate surface area is 82.4 Å². The van der Waals surface area contributed by atoms with Crippen LogP contribution in [-0.4, -0.2) is 13.0 Å². The van der Waals surface area contributed by atoms with Crippen LogP contribution in [0, 0.1) is 0 Å². The number of para-hydroxylation sites is 1. The van der Waals surface area contributed by atoms with Crippen molar-refractivity contribution in [1.29, 1.82) is 0 Å². The van der Waals surface area contributed by atoms with E-state index in [4.69, 9.17) is 11.6 Å². The number of carbonyl (C=O) groups excluding carboxylic acids is 1. The summed E-state index contributed by atoms with van der Waals surface area (Å²) in [4.78, 5) is 12.7. The van der Waals surface area contributed by atoms with Crippen molar-refractivity contribution in [3.05, 3.63) is 41.9 Å². The average Bonchev–Trinajstić information content (AvgIpc) is 2.16. The molecule has 0 spiro atoms. The molecular weight excluding hydrogens is 186 g/mol. The largest absolute Gasteiger partial charge is 0.310 e. The summed E-state index contributed by atoms with van der Waals surface area (Å²) in [5.41, 5.74) is 0.689. The van der Waals surface area contributed by atoms with E-state index in [-0.39, 0.29) is 5.91 Å². The van der Waals surface area contributed by atoms with Crippen LogP contribution in [-0.2, 0) is 4.79 Å². The molecular formula is C10H10ClNO. The first-order chi connectivity index (χ1) is 6.16. The first-order valence-electron chi connectivity index (χ1n) is 3.81. The van der Waals surface area contributed by atoms with Gasteiger partial charge in [-0.15, -0.1) is 0 Å². The number of likely N-dealkylation sites (N-methyl/N-ethyl adjacent to an activating group) is 1. The normalized spacial score (nSPS) is 9.38. The van der Waals surface area contributed by atoms with Crippen LogP contribution in [0.4, 0.5) is 5.69 Å². The topological polar surface area (TPSA) is 20.3 Å². The smallest absolute Gasteiger partial charge is 0.250 e. The van der Waals surface area contributed by atoms with Gasteiger partial charge in [0, 0.05) is 7.05 Å². The molecule has 0 saturated carbocycles. The van der Waals surface area contributed by atoms with E-state index in [2.05, 4.69) is 6.58 Å². The molecule has 1 amide bonds. The standard InChI is InChI=1S/C10H10ClNO/c1-3-10(13)12(2)9-7-5-4-6-8(9)11/h3-7H,1H2,2H3. The second-order valence-corrected chi connectivity index (χ2v) is 2.96. The Bertz CT molecular complexity index is 335. The van der Waals surface area contributed by atoms with Crippen molar-refractivity contribution < 1.29 is 4.79 Å². The minimum absolute atomic E-state index is 0.173. The summed E-state index contributed by atoms with van der Waals surface area (Å²) >= 11 is 5.89. The number of nitrogens with zero attached hydrogens (tertiary/aromatic N) is 1. The fraction of sp³-hybridized carbons (Fsp3) is 0.100. The summed E-state index contributed by atoms with van der Waals surface area (Å²) in [6.45, 7) is 3.40. The molecule has 0 aliphatic rings. The van der Waals surface area contributed by atoms with Gasteiger partial charge in [0.2, 0.25) is 5.91 Å². The van der Waals surface area contributed by atoms with E-state index in [0.717, 1.165) is 0 Å². The molecule has 0 aliphatic heterocycles. The van der Waals surface area contributed by atoms with Crippen molar-refractivity contribution in [2.24, 2.45) is 0 Å². The second kappa shape index (κ2) is 4.10. The zero-order valence-corrected chi connectivity index (χ0v) is 8.08. The molecule has 1 aromatic carbocycles. The summed E-state index contributed by atoms with van der Waals surface area (Å²) in [5.74, 6) is -0.173. The van der Waals surface area contributed by atoms with Gasteiger partial charge in [0.1, 0.15) is 0 Å². The minimum Gasteiger partial charge on any atom is -0.310 e. The molecule has 0 N–H and O–H groups in total. The van der Waals surface area contributed by atoms with Crippen LogP contribution in [0.5, 0.6) is 0 Å². The van der Waals surface area contributed by atoms with Crippen LogP contribution in [0.3, 0.4) is 0 Å². The third-order valence-electron chi connectivity index (χ3n) is 1.72. The Hall–Kier alpha value is -1.28. The number of halogens is 1. The SMILES string of the molecule is C=CC(=O)N(C)c1ccccc1Cl. The zero-order valence-electron chi connectivity index (χ0n) is 7.33. The number of hydrogen-bond donors (Lipinski definition) is 0. The number of hydrogen-bond acceptors (Lipinski definition) is 1. The van der Waals surface area contributed by atoms with Crippen molar-refractivity contribution >= 4 is 23.2 Å². The third-order valence-corrected chi connectivity index (χ3v) is 2.04. The van der Waals surface area contributed by atoms with Gasteiger partial charge in [0.25, 0.3) is 0 Å². The monoisotopic (exact) mass is 195 g/mol. The number of benzene rings is 1. The fourth-order valence-electron chi connectivity index (χ4n) is 0.979. The van der Waals surface area contributed by atoms with Crippen molar-refractivity contribution in [1.82, 2.24) is 0 Å². The first kappa shape index (κ1) is 9.81. The Morgan fingerprint density at radius 1 is 1.54 bits per heavy atom. The zero-order chi connectivity index (χ0) is 9.84.